The molecule has 10 aromatic rings. The number of rotatable bonds is 5. The van der Waals surface area contributed by atoms with E-state index in [1.165, 1.54) is 71.8 Å². The first-order chi connectivity index (χ1) is 29.3. The van der Waals surface area contributed by atoms with E-state index in [0.717, 1.165) is 44.7 Å². The van der Waals surface area contributed by atoms with Gasteiger partial charge in [0.2, 0.25) is 0 Å². The van der Waals surface area contributed by atoms with Crippen LogP contribution in [0.1, 0.15) is 49.9 Å². The molecule has 2 aliphatic carbocycles. The Morgan fingerprint density at radius 2 is 0.900 bits per heavy atom. The van der Waals surface area contributed by atoms with Crippen molar-refractivity contribution in [2.45, 2.75) is 38.5 Å². The molecule has 0 radical (unpaired) electrons. The maximum Gasteiger partial charge on any atom is 0.143 e. The van der Waals surface area contributed by atoms with Crippen LogP contribution in [0.25, 0.3) is 77.2 Å². The van der Waals surface area contributed by atoms with Crippen LogP contribution in [0.2, 0.25) is 0 Å². The number of anilines is 3. The first kappa shape index (κ1) is 34.8. The number of nitrogens with zero attached hydrogens (tertiary/aromatic N) is 1. The predicted molar refractivity (Wildman–Crippen MR) is 252 cm³/mol. The molecule has 0 unspecified atom stereocenters. The summed E-state index contributed by atoms with van der Waals surface area (Å²) in [7, 11) is 0. The van der Waals surface area contributed by atoms with E-state index in [-0.39, 0.29) is 10.8 Å². The molecule has 12 rings (SSSR count). The van der Waals surface area contributed by atoms with Crippen molar-refractivity contribution >= 4 is 49.8 Å². The summed E-state index contributed by atoms with van der Waals surface area (Å²) in [4.78, 5) is 2.46. The summed E-state index contributed by atoms with van der Waals surface area (Å²) >= 11 is 0. The number of hydrogen-bond acceptors (Lipinski definition) is 2. The summed E-state index contributed by atoms with van der Waals surface area (Å²) in [6.45, 7) is 9.45. The van der Waals surface area contributed by atoms with Crippen molar-refractivity contribution in [1.29, 1.82) is 0 Å². The van der Waals surface area contributed by atoms with Crippen molar-refractivity contribution < 1.29 is 4.42 Å². The Kier molecular flexibility index (Phi) is 7.36. The number of fused-ring (bicyclic) bond motifs is 11. The van der Waals surface area contributed by atoms with Gasteiger partial charge in [0.1, 0.15) is 11.2 Å². The van der Waals surface area contributed by atoms with Gasteiger partial charge in [0.15, 0.2) is 0 Å². The Bertz CT molecular complexity index is 3270. The van der Waals surface area contributed by atoms with Crippen LogP contribution in [0.5, 0.6) is 0 Å². The highest BCUT2D eigenvalue weighted by Crippen LogP contribution is 2.53. The van der Waals surface area contributed by atoms with Gasteiger partial charge in [-0.3, -0.25) is 0 Å². The van der Waals surface area contributed by atoms with E-state index in [4.69, 9.17) is 4.42 Å². The lowest BCUT2D eigenvalue weighted by molar-refractivity contribution is 0.660. The molecule has 0 saturated carbocycles. The fourth-order valence-electron chi connectivity index (χ4n) is 10.6. The fraction of sp³-hybridized carbons (Fsp3) is 0.103. The molecule has 0 bridgehead atoms. The normalized spacial score (nSPS) is 14.3. The molecule has 286 valence electrons. The van der Waals surface area contributed by atoms with E-state index in [0.29, 0.717) is 0 Å². The average molecular weight is 770 g/mol. The van der Waals surface area contributed by atoms with Gasteiger partial charge >= 0.3 is 0 Å². The molecule has 0 aliphatic heterocycles. The van der Waals surface area contributed by atoms with Crippen LogP contribution in [-0.4, -0.2) is 0 Å². The predicted octanol–water partition coefficient (Wildman–Crippen LogP) is 16.2. The maximum absolute atomic E-state index is 6.60. The molecule has 2 nitrogen and oxygen atoms in total. The molecular formula is C58H43NO. The molecule has 0 amide bonds. The first-order valence-electron chi connectivity index (χ1n) is 21.1. The molecular weight excluding hydrogens is 727 g/mol. The monoisotopic (exact) mass is 769 g/mol. The summed E-state index contributed by atoms with van der Waals surface area (Å²) in [5, 5.41) is 4.77. The van der Waals surface area contributed by atoms with Crippen LogP contribution in [0, 0.1) is 0 Å². The minimum Gasteiger partial charge on any atom is -0.455 e. The van der Waals surface area contributed by atoms with Crippen LogP contribution in [-0.2, 0) is 10.8 Å². The highest BCUT2D eigenvalue weighted by molar-refractivity contribution is 6.20. The van der Waals surface area contributed by atoms with Gasteiger partial charge in [0.25, 0.3) is 0 Å². The van der Waals surface area contributed by atoms with E-state index >= 15 is 0 Å². The summed E-state index contributed by atoms with van der Waals surface area (Å²) < 4.78 is 6.60. The van der Waals surface area contributed by atoms with Crippen LogP contribution in [0.15, 0.2) is 192 Å². The maximum atomic E-state index is 6.60. The quantitative estimate of drug-likeness (QED) is 0.173. The van der Waals surface area contributed by atoms with Gasteiger partial charge in [0.05, 0.1) is 0 Å². The SMILES string of the molecule is CC1(C)c2ccccc2-c2ccc(N(c3cccc(-c4ccc(-c5cccc6c5oc5ccc7ccccc7c56)cc4)c3)c3ccc4c(c3)C(C)(C)c3ccccc3-4)cc21. The van der Waals surface area contributed by atoms with Gasteiger partial charge in [-0.25, -0.2) is 0 Å². The van der Waals surface area contributed by atoms with Crippen LogP contribution in [0.3, 0.4) is 0 Å². The molecule has 2 heteroatoms. The van der Waals surface area contributed by atoms with Gasteiger partial charge in [-0.15, -0.1) is 0 Å². The number of hydrogen-bond donors (Lipinski definition) is 0. The first-order valence-corrected chi connectivity index (χ1v) is 21.1. The zero-order valence-electron chi connectivity index (χ0n) is 34.3. The average Bonchev–Trinajstić information content (AvgIpc) is 3.87. The zero-order chi connectivity index (χ0) is 40.3. The molecule has 0 atom stereocenters. The molecule has 1 aromatic heterocycles. The highest BCUT2D eigenvalue weighted by Gasteiger charge is 2.37. The van der Waals surface area contributed by atoms with Crippen LogP contribution >= 0.6 is 0 Å². The number of para-hydroxylation sites is 1. The van der Waals surface area contributed by atoms with Crippen molar-refractivity contribution in [3.05, 3.63) is 210 Å². The Labute approximate surface area is 351 Å². The Morgan fingerprint density at radius 1 is 0.367 bits per heavy atom. The lowest BCUT2D eigenvalue weighted by Crippen LogP contribution is -2.18. The molecule has 60 heavy (non-hydrogen) atoms. The minimum absolute atomic E-state index is 0.112. The third-order valence-electron chi connectivity index (χ3n) is 13.7. The van der Waals surface area contributed by atoms with E-state index in [2.05, 4.69) is 221 Å². The van der Waals surface area contributed by atoms with Gasteiger partial charge in [0, 0.05) is 44.2 Å². The third kappa shape index (κ3) is 5.01. The molecule has 0 fully saturated rings. The standard InChI is InChI=1S/C58H43NO/c1-57(2)50-21-9-7-17-45(50)47-30-28-41(34-52(47)57)59(42-29-31-48-46-18-8-10-22-51(46)58(3,4)53(48)35-42)40-15-11-14-39(33-40)36-23-25-38(26-24-36)44-19-12-20-49-55-43-16-6-5-13-37(43)27-32-54(55)60-56(44)49/h5-35H,1-4H3. The van der Waals surface area contributed by atoms with Crippen molar-refractivity contribution in [3.8, 4) is 44.5 Å². The van der Waals surface area contributed by atoms with Gasteiger partial charge in [-0.2, -0.15) is 0 Å². The van der Waals surface area contributed by atoms with Gasteiger partial charge in [-0.1, -0.05) is 173 Å². The molecule has 1 heterocycles. The largest absolute Gasteiger partial charge is 0.455 e. The Hall–Kier alpha value is -7.16. The zero-order valence-corrected chi connectivity index (χ0v) is 34.3. The van der Waals surface area contributed by atoms with E-state index in [1.807, 2.05) is 0 Å². The molecule has 0 saturated heterocycles. The molecule has 0 spiro atoms. The highest BCUT2D eigenvalue weighted by atomic mass is 16.3. The lowest BCUT2D eigenvalue weighted by atomic mass is 9.82. The van der Waals surface area contributed by atoms with E-state index in [1.54, 1.807) is 0 Å². The van der Waals surface area contributed by atoms with Crippen LogP contribution < -0.4 is 4.90 Å². The second-order valence-electron chi connectivity index (χ2n) is 17.7. The number of furan rings is 1. The second-order valence-corrected chi connectivity index (χ2v) is 17.7. The topological polar surface area (TPSA) is 16.4 Å². The van der Waals surface area contributed by atoms with E-state index < -0.39 is 0 Å². The fourth-order valence-corrected chi connectivity index (χ4v) is 10.6. The Balaban J connectivity index is 0.967. The smallest absolute Gasteiger partial charge is 0.143 e. The molecule has 2 aliphatic rings. The summed E-state index contributed by atoms with van der Waals surface area (Å²) in [5.41, 5.74) is 20.4. The minimum atomic E-state index is -0.112. The second kappa shape index (κ2) is 12.7. The lowest BCUT2D eigenvalue weighted by Gasteiger charge is -2.30. The van der Waals surface area contributed by atoms with Crippen LogP contribution in [0.4, 0.5) is 17.1 Å². The van der Waals surface area contributed by atoms with Crippen molar-refractivity contribution in [3.63, 3.8) is 0 Å². The van der Waals surface area contributed by atoms with Crippen molar-refractivity contribution in [2.75, 3.05) is 4.90 Å². The van der Waals surface area contributed by atoms with Gasteiger partial charge < -0.3 is 9.32 Å². The summed E-state index contributed by atoms with van der Waals surface area (Å²) in [6, 6.07) is 69.3. The van der Waals surface area contributed by atoms with Crippen molar-refractivity contribution in [1.82, 2.24) is 0 Å². The molecule has 0 N–H and O–H groups in total. The van der Waals surface area contributed by atoms with E-state index in [9.17, 15) is 0 Å². The third-order valence-corrected chi connectivity index (χ3v) is 13.7. The van der Waals surface area contributed by atoms with Gasteiger partial charge in [-0.05, 0) is 114 Å². The summed E-state index contributed by atoms with van der Waals surface area (Å²) in [6.07, 6.45) is 0. The number of benzene rings is 9. The Morgan fingerprint density at radius 3 is 1.58 bits per heavy atom. The van der Waals surface area contributed by atoms with Crippen molar-refractivity contribution in [2.24, 2.45) is 0 Å². The molecule has 9 aromatic carbocycles. The summed E-state index contributed by atoms with van der Waals surface area (Å²) in [5.74, 6) is 0.